The summed E-state index contributed by atoms with van der Waals surface area (Å²) in [5, 5.41) is 8.86. The summed E-state index contributed by atoms with van der Waals surface area (Å²) < 4.78 is 0. The number of carbonyl (C=O) groups is 1. The maximum Gasteiger partial charge on any atom is 0.227 e. The van der Waals surface area contributed by atoms with Gasteiger partial charge in [-0.3, -0.25) is 4.79 Å². The molecule has 0 radical (unpaired) electrons. The van der Waals surface area contributed by atoms with Crippen molar-refractivity contribution in [3.8, 4) is 6.07 Å². The molecule has 88 valence electrons. The van der Waals surface area contributed by atoms with Gasteiger partial charge in [-0.1, -0.05) is 0 Å². The van der Waals surface area contributed by atoms with E-state index in [2.05, 4.69) is 6.07 Å². The van der Waals surface area contributed by atoms with Crippen molar-refractivity contribution in [3.63, 3.8) is 0 Å². The van der Waals surface area contributed by atoms with Crippen molar-refractivity contribution >= 4 is 23.2 Å². The highest BCUT2D eigenvalue weighted by Crippen LogP contribution is 2.27. The smallest absolute Gasteiger partial charge is 0.227 e. The molecule has 1 atom stereocenters. The number of anilines is 1. The van der Waals surface area contributed by atoms with Gasteiger partial charge in [0.2, 0.25) is 5.91 Å². The first-order chi connectivity index (χ1) is 8.15. The summed E-state index contributed by atoms with van der Waals surface area (Å²) in [5.74, 6) is 0.859. The molecule has 0 N–H and O–H groups in total. The largest absolute Gasteiger partial charge is 0.312 e. The Bertz CT molecular complexity index is 493. The van der Waals surface area contributed by atoms with E-state index in [4.69, 9.17) is 16.9 Å². The fourth-order valence-electron chi connectivity index (χ4n) is 2.08. The van der Waals surface area contributed by atoms with E-state index in [1.807, 2.05) is 19.1 Å². The van der Waals surface area contributed by atoms with Gasteiger partial charge in [-0.15, -0.1) is 11.6 Å². The summed E-state index contributed by atoms with van der Waals surface area (Å²) >= 11 is 5.78. The normalized spacial score (nSPS) is 19.5. The Kier molecular flexibility index (Phi) is 3.35. The van der Waals surface area contributed by atoms with Gasteiger partial charge in [-0.2, -0.15) is 5.26 Å². The number of carbonyl (C=O) groups excluding carboxylic acids is 1. The van der Waals surface area contributed by atoms with Crippen molar-refractivity contribution < 1.29 is 4.79 Å². The molecule has 0 aromatic heterocycles. The van der Waals surface area contributed by atoms with Crippen molar-refractivity contribution in [2.75, 3.05) is 17.3 Å². The van der Waals surface area contributed by atoms with Gasteiger partial charge < -0.3 is 4.90 Å². The highest BCUT2D eigenvalue weighted by atomic mass is 35.5. The van der Waals surface area contributed by atoms with Crippen LogP contribution in [-0.2, 0) is 4.79 Å². The number of benzene rings is 1. The number of halogens is 1. The lowest BCUT2D eigenvalue weighted by Gasteiger charge is -2.17. The number of nitrogens with zero attached hydrogens (tertiary/aromatic N) is 2. The van der Waals surface area contributed by atoms with Crippen molar-refractivity contribution in [2.24, 2.45) is 5.92 Å². The molecule has 1 heterocycles. The van der Waals surface area contributed by atoms with Gasteiger partial charge in [0.05, 0.1) is 11.6 Å². The van der Waals surface area contributed by atoms with Gasteiger partial charge in [-0.05, 0) is 36.6 Å². The Morgan fingerprint density at radius 3 is 2.88 bits per heavy atom. The highest BCUT2D eigenvalue weighted by Gasteiger charge is 2.29. The van der Waals surface area contributed by atoms with Crippen LogP contribution in [0.15, 0.2) is 18.2 Å². The molecule has 4 heteroatoms. The van der Waals surface area contributed by atoms with E-state index in [1.165, 1.54) is 0 Å². The van der Waals surface area contributed by atoms with Gasteiger partial charge in [0.1, 0.15) is 0 Å². The van der Waals surface area contributed by atoms with Crippen molar-refractivity contribution in [3.05, 3.63) is 29.3 Å². The number of alkyl halides is 1. The Morgan fingerprint density at radius 1 is 1.59 bits per heavy atom. The summed E-state index contributed by atoms with van der Waals surface area (Å²) in [6.07, 6.45) is 0.516. The minimum atomic E-state index is 0.111. The van der Waals surface area contributed by atoms with Crippen molar-refractivity contribution in [1.29, 1.82) is 5.26 Å². The monoisotopic (exact) mass is 248 g/mol. The molecule has 1 saturated heterocycles. The second-order valence-corrected chi connectivity index (χ2v) is 4.65. The zero-order valence-electron chi connectivity index (χ0n) is 9.61. The molecule has 1 aliphatic heterocycles. The first-order valence-corrected chi connectivity index (χ1v) is 6.06. The summed E-state index contributed by atoms with van der Waals surface area (Å²) in [6, 6.07) is 7.58. The molecule has 2 rings (SSSR count). The molecule has 1 aromatic carbocycles. The van der Waals surface area contributed by atoms with Crippen LogP contribution in [0.25, 0.3) is 0 Å². The number of nitriles is 1. The van der Waals surface area contributed by atoms with E-state index in [0.29, 0.717) is 24.4 Å². The average molecular weight is 249 g/mol. The second kappa shape index (κ2) is 4.77. The topological polar surface area (TPSA) is 44.1 Å². The predicted octanol–water partition coefficient (Wildman–Crippen LogP) is 2.46. The maximum absolute atomic E-state index is 11.8. The molecule has 1 amide bonds. The zero-order chi connectivity index (χ0) is 12.4. The third kappa shape index (κ3) is 2.27. The highest BCUT2D eigenvalue weighted by molar-refractivity contribution is 6.18. The summed E-state index contributed by atoms with van der Waals surface area (Å²) in [7, 11) is 0. The lowest BCUT2D eigenvalue weighted by molar-refractivity contribution is -0.117. The molecule has 0 bridgehead atoms. The fourth-order valence-corrected chi connectivity index (χ4v) is 2.28. The lowest BCUT2D eigenvalue weighted by atomic mass is 10.1. The Labute approximate surface area is 106 Å². The van der Waals surface area contributed by atoms with Crippen LogP contribution in [0.1, 0.15) is 17.5 Å². The third-order valence-corrected chi connectivity index (χ3v) is 3.50. The van der Waals surface area contributed by atoms with Crippen LogP contribution in [0.5, 0.6) is 0 Å². The van der Waals surface area contributed by atoms with Crippen LogP contribution < -0.4 is 4.90 Å². The first kappa shape index (κ1) is 11.9. The Hall–Kier alpha value is -1.53. The number of rotatable bonds is 2. The van der Waals surface area contributed by atoms with E-state index in [1.54, 1.807) is 11.0 Å². The van der Waals surface area contributed by atoms with Crippen LogP contribution >= 0.6 is 11.6 Å². The van der Waals surface area contributed by atoms with Crippen molar-refractivity contribution in [2.45, 2.75) is 13.3 Å². The molecule has 1 aliphatic rings. The van der Waals surface area contributed by atoms with Crippen LogP contribution in [0.2, 0.25) is 0 Å². The summed E-state index contributed by atoms with van der Waals surface area (Å²) in [5.41, 5.74) is 2.40. The second-order valence-electron chi connectivity index (χ2n) is 4.34. The minimum Gasteiger partial charge on any atom is -0.312 e. The van der Waals surface area contributed by atoms with Crippen molar-refractivity contribution in [1.82, 2.24) is 0 Å². The standard InChI is InChI=1S/C13H13ClN2O/c1-9-4-12(3-2-11(9)7-15)16-8-10(6-14)5-13(16)17/h2-4,10H,5-6,8H2,1H3. The van der Waals surface area contributed by atoms with Gasteiger partial charge >= 0.3 is 0 Å². The molecular weight excluding hydrogens is 236 g/mol. The Balaban J connectivity index is 2.27. The first-order valence-electron chi connectivity index (χ1n) is 5.52. The van der Waals surface area contributed by atoms with Gasteiger partial charge in [0.15, 0.2) is 0 Å². The molecule has 1 unspecified atom stereocenters. The summed E-state index contributed by atoms with van der Waals surface area (Å²) in [4.78, 5) is 13.6. The number of aryl methyl sites for hydroxylation is 1. The Morgan fingerprint density at radius 2 is 2.35 bits per heavy atom. The zero-order valence-corrected chi connectivity index (χ0v) is 10.4. The van der Waals surface area contributed by atoms with Crippen LogP contribution in [0.3, 0.4) is 0 Å². The van der Waals surface area contributed by atoms with Gasteiger partial charge in [0.25, 0.3) is 0 Å². The van der Waals surface area contributed by atoms with Crippen LogP contribution in [-0.4, -0.2) is 18.3 Å². The van der Waals surface area contributed by atoms with Crippen LogP contribution in [0, 0.1) is 24.2 Å². The lowest BCUT2D eigenvalue weighted by Crippen LogP contribution is -2.24. The van der Waals surface area contributed by atoms with E-state index < -0.39 is 0 Å². The quantitative estimate of drug-likeness (QED) is 0.755. The minimum absolute atomic E-state index is 0.111. The third-order valence-electron chi connectivity index (χ3n) is 3.07. The molecule has 3 nitrogen and oxygen atoms in total. The molecule has 0 saturated carbocycles. The predicted molar refractivity (Wildman–Crippen MR) is 67.1 cm³/mol. The molecule has 0 spiro atoms. The summed E-state index contributed by atoms with van der Waals surface area (Å²) in [6.45, 7) is 2.55. The SMILES string of the molecule is Cc1cc(N2CC(CCl)CC2=O)ccc1C#N. The molecule has 1 fully saturated rings. The van der Waals surface area contributed by atoms with E-state index in [9.17, 15) is 4.79 Å². The molecule has 0 aliphatic carbocycles. The number of hydrogen-bond acceptors (Lipinski definition) is 2. The average Bonchev–Trinajstić information content (AvgIpc) is 2.70. The van der Waals surface area contributed by atoms with Crippen LogP contribution in [0.4, 0.5) is 5.69 Å². The molecule has 1 aromatic rings. The van der Waals surface area contributed by atoms with E-state index in [0.717, 1.165) is 11.3 Å². The number of hydrogen-bond donors (Lipinski definition) is 0. The fraction of sp³-hybridized carbons (Fsp3) is 0.385. The van der Waals surface area contributed by atoms with E-state index >= 15 is 0 Å². The maximum atomic E-state index is 11.8. The van der Waals surface area contributed by atoms with Gasteiger partial charge in [0, 0.05) is 24.5 Å². The molecular formula is C13H13ClN2O. The van der Waals surface area contributed by atoms with E-state index in [-0.39, 0.29) is 11.8 Å². The van der Waals surface area contributed by atoms with Gasteiger partial charge in [-0.25, -0.2) is 0 Å². The number of amides is 1. The molecule has 17 heavy (non-hydrogen) atoms.